The van der Waals surface area contributed by atoms with E-state index in [1.165, 1.54) is 79.6 Å². The van der Waals surface area contributed by atoms with Crippen LogP contribution in [0.4, 0.5) is 28.9 Å². The van der Waals surface area contributed by atoms with E-state index in [0.717, 1.165) is 25.8 Å². The molecule has 83 heavy (non-hydrogen) atoms. The Labute approximate surface area is 468 Å². The number of carbonyl (C=O) groups excluding carboxylic acids is 2. The molecule has 10 aromatic rings. The SMILES string of the molecule is CN1CC[C@H](O)[C@@H](n2cc(Oc3ccc(OC(F)F)c(-c4nn(C)cc4NC(=O)c4cnn5cccnc45)c3)cn2)C1.Cn1cc(NC(=O)c2cnn3cccnc23)c(-c2cc(Oc3cnn(C4CCCCC4O)c3)ccc2OC(F)F)n1. The van der Waals surface area contributed by atoms with E-state index < -0.39 is 37.2 Å². The maximum absolute atomic E-state index is 13.4. The summed E-state index contributed by atoms with van der Waals surface area (Å²) in [5, 5.41) is 52.2. The third-order valence-corrected chi connectivity index (χ3v) is 13.8. The number of amides is 2. The minimum Gasteiger partial charge on any atom is -0.454 e. The number of aromatic nitrogens is 14. The van der Waals surface area contributed by atoms with Crippen molar-refractivity contribution in [3.05, 3.63) is 134 Å². The molecule has 2 aliphatic rings. The van der Waals surface area contributed by atoms with Gasteiger partial charge in [0.25, 0.3) is 11.8 Å². The van der Waals surface area contributed by atoms with Crippen LogP contribution < -0.4 is 29.6 Å². The van der Waals surface area contributed by atoms with Crippen LogP contribution in [0.2, 0.25) is 0 Å². The predicted octanol–water partition coefficient (Wildman–Crippen LogP) is 7.66. The highest BCUT2D eigenvalue weighted by Gasteiger charge is 2.30. The number of alkyl halides is 4. The third kappa shape index (κ3) is 12.3. The number of hydrogen-bond acceptors (Lipinski definition) is 17. The van der Waals surface area contributed by atoms with Crippen molar-refractivity contribution >= 4 is 34.5 Å². The Bertz CT molecular complexity index is 3930. The third-order valence-electron chi connectivity index (χ3n) is 13.8. The summed E-state index contributed by atoms with van der Waals surface area (Å²) in [6, 6.07) is 11.6. The second kappa shape index (κ2) is 23.8. The first-order valence-corrected chi connectivity index (χ1v) is 26.0. The molecule has 1 aliphatic carbocycles. The van der Waals surface area contributed by atoms with E-state index in [2.05, 4.69) is 56.1 Å². The van der Waals surface area contributed by atoms with Gasteiger partial charge in [0.15, 0.2) is 22.8 Å². The number of piperidine rings is 1. The minimum atomic E-state index is -3.10. The highest BCUT2D eigenvalue weighted by molar-refractivity contribution is 6.10. The summed E-state index contributed by atoms with van der Waals surface area (Å²) in [7, 11) is 5.25. The van der Waals surface area contributed by atoms with Crippen LogP contribution in [0.5, 0.6) is 34.5 Å². The van der Waals surface area contributed by atoms with Crippen LogP contribution in [-0.4, -0.2) is 141 Å². The molecule has 0 bridgehead atoms. The second-order valence-corrected chi connectivity index (χ2v) is 19.6. The molecule has 1 aliphatic heterocycles. The maximum atomic E-state index is 13.4. The number of benzene rings is 2. The average Bonchev–Trinajstić information content (AvgIpc) is 4.48. The van der Waals surface area contributed by atoms with Crippen molar-refractivity contribution in [2.24, 2.45) is 14.1 Å². The number of carbonyl (C=O) groups is 2. The molecule has 2 unspecified atom stereocenters. The van der Waals surface area contributed by atoms with Crippen LogP contribution in [0.25, 0.3) is 33.8 Å². The summed E-state index contributed by atoms with van der Waals surface area (Å²) >= 11 is 0. The summed E-state index contributed by atoms with van der Waals surface area (Å²) in [6.45, 7) is -4.76. The molecule has 29 heteroatoms. The second-order valence-electron chi connectivity index (χ2n) is 19.6. The molecule has 12 rings (SSSR count). The number of ether oxygens (including phenoxy) is 4. The largest absolute Gasteiger partial charge is 0.454 e. The number of aliphatic hydroxyl groups is 2. The Morgan fingerprint density at radius 3 is 1.58 bits per heavy atom. The highest BCUT2D eigenvalue weighted by Crippen LogP contribution is 2.41. The van der Waals surface area contributed by atoms with E-state index in [9.17, 15) is 37.4 Å². The van der Waals surface area contributed by atoms with Gasteiger partial charge in [0.2, 0.25) is 0 Å². The topological polar surface area (TPSA) is 270 Å². The smallest absolute Gasteiger partial charge is 0.387 e. The Hall–Kier alpha value is -9.74. The van der Waals surface area contributed by atoms with E-state index in [-0.39, 0.29) is 68.6 Å². The maximum Gasteiger partial charge on any atom is 0.387 e. The lowest BCUT2D eigenvalue weighted by Crippen LogP contribution is -2.42. The van der Waals surface area contributed by atoms with Gasteiger partial charge in [-0.05, 0) is 74.8 Å². The number of rotatable bonds is 16. The van der Waals surface area contributed by atoms with Crippen LogP contribution in [0.1, 0.15) is 64.9 Å². The fraction of sp³-hybridized carbons (Fsp3) is 0.296. The van der Waals surface area contributed by atoms with Crippen molar-refractivity contribution in [1.82, 2.24) is 73.2 Å². The number of halogens is 4. The lowest BCUT2D eigenvalue weighted by Gasteiger charge is -2.33. The van der Waals surface area contributed by atoms with Gasteiger partial charge in [0, 0.05) is 64.4 Å². The van der Waals surface area contributed by atoms with Gasteiger partial charge in [0.1, 0.15) is 45.5 Å². The highest BCUT2D eigenvalue weighted by atomic mass is 19.3. The molecule has 430 valence electrons. The molecule has 0 spiro atoms. The van der Waals surface area contributed by atoms with E-state index in [4.69, 9.17) is 18.9 Å². The van der Waals surface area contributed by atoms with Crippen molar-refractivity contribution in [3.63, 3.8) is 0 Å². The molecular formula is C54H53F4N17O8. The van der Waals surface area contributed by atoms with Gasteiger partial charge in [0.05, 0.1) is 84.0 Å². The zero-order valence-corrected chi connectivity index (χ0v) is 44.5. The van der Waals surface area contributed by atoms with Crippen LogP contribution in [-0.2, 0) is 14.1 Å². The Morgan fingerprint density at radius 1 is 0.602 bits per heavy atom. The molecule has 1 saturated carbocycles. The molecule has 4 atom stereocenters. The monoisotopic (exact) mass is 1140 g/mol. The molecular weight excluding hydrogens is 1090 g/mol. The Balaban J connectivity index is 0.000000174. The first kappa shape index (κ1) is 55.2. The van der Waals surface area contributed by atoms with E-state index in [0.29, 0.717) is 53.7 Å². The van der Waals surface area contributed by atoms with Gasteiger partial charge in [-0.15, -0.1) is 0 Å². The van der Waals surface area contributed by atoms with E-state index >= 15 is 0 Å². The lowest BCUT2D eigenvalue weighted by atomic mass is 9.93. The van der Waals surface area contributed by atoms with Crippen molar-refractivity contribution in [3.8, 4) is 57.0 Å². The minimum absolute atomic E-state index is 0.137. The number of hydrogen-bond donors (Lipinski definition) is 4. The van der Waals surface area contributed by atoms with Gasteiger partial charge >= 0.3 is 13.2 Å². The summed E-state index contributed by atoms with van der Waals surface area (Å²) in [5.41, 5.74) is 2.36. The molecule has 2 aromatic carbocycles. The Morgan fingerprint density at radius 2 is 1.08 bits per heavy atom. The normalized spacial score (nSPS) is 17.4. The lowest BCUT2D eigenvalue weighted by molar-refractivity contribution is -0.0501. The van der Waals surface area contributed by atoms with E-state index in [1.54, 1.807) is 85.2 Å². The summed E-state index contributed by atoms with van der Waals surface area (Å²) < 4.78 is 84.1. The van der Waals surface area contributed by atoms with Crippen molar-refractivity contribution in [2.75, 3.05) is 30.8 Å². The predicted molar refractivity (Wildman–Crippen MR) is 288 cm³/mol. The van der Waals surface area contributed by atoms with Crippen molar-refractivity contribution in [2.45, 2.75) is 69.6 Å². The van der Waals surface area contributed by atoms with Gasteiger partial charge < -0.3 is 44.7 Å². The fourth-order valence-electron chi connectivity index (χ4n) is 9.94. The first-order valence-electron chi connectivity index (χ1n) is 26.0. The van der Waals surface area contributed by atoms with Crippen LogP contribution in [0.15, 0.2) is 123 Å². The van der Waals surface area contributed by atoms with E-state index in [1.807, 2.05) is 7.05 Å². The molecule has 2 fully saturated rings. The first-order chi connectivity index (χ1) is 40.1. The number of fused-ring (bicyclic) bond motifs is 2. The molecule has 25 nitrogen and oxygen atoms in total. The van der Waals surface area contributed by atoms with Gasteiger partial charge in [-0.1, -0.05) is 12.8 Å². The summed E-state index contributed by atoms with van der Waals surface area (Å²) in [6.07, 6.45) is 21.8. The molecule has 4 N–H and O–H groups in total. The van der Waals surface area contributed by atoms with Crippen LogP contribution in [0.3, 0.4) is 0 Å². The molecule has 9 heterocycles. The molecule has 1 saturated heterocycles. The van der Waals surface area contributed by atoms with Crippen molar-refractivity contribution < 1.29 is 56.3 Å². The van der Waals surface area contributed by atoms with Gasteiger partial charge in [-0.3, -0.25) is 28.3 Å². The molecule has 2 amide bonds. The summed E-state index contributed by atoms with van der Waals surface area (Å²) in [5.74, 6) is 0.0693. The average molecular weight is 1140 g/mol. The van der Waals surface area contributed by atoms with Crippen LogP contribution in [0, 0.1) is 0 Å². The quantitative estimate of drug-likeness (QED) is 0.0676. The Kier molecular flexibility index (Phi) is 15.8. The zero-order valence-electron chi connectivity index (χ0n) is 44.5. The standard InChI is InChI=1S/C27H27F2N9O4.C27H26F2N8O4/c1-35-9-6-22(39)21(15-35)38-13-17(11-31-38)41-16-4-5-23(42-27(28)29)18(10-16)24-20(14-36(2)34-24)33-26(40)19-12-32-37-8-3-7-30-25(19)37;1-35-15-20(33-26(39)19-13-32-36-10-4-9-30-25(19)36)24(34-35)18-11-16(7-8-23(18)41-27(28)29)40-17-12-31-37(14-17)21-5-2-3-6-22(21)38/h3-5,7-8,10-14,21-22,27,39H,6,9,15H2,1-2H3,(H,33,40);4,7-15,21-22,27,38H,2-3,5-6H2,1H3,(H,33,39)/t21-,22-;/m0./s1. The number of likely N-dealkylation sites (N-methyl/N-ethyl adjacent to an activating group) is 1. The number of anilines is 2. The van der Waals surface area contributed by atoms with Crippen LogP contribution >= 0.6 is 0 Å². The van der Waals surface area contributed by atoms with Gasteiger partial charge in [-0.25, -0.2) is 19.0 Å². The fourth-order valence-corrected chi connectivity index (χ4v) is 9.94. The summed E-state index contributed by atoms with van der Waals surface area (Å²) in [4.78, 5) is 36.9. The molecule has 8 aromatic heterocycles. The number of nitrogens with one attached hydrogen (secondary N) is 2. The number of aliphatic hydroxyl groups excluding tert-OH is 2. The number of nitrogens with zero attached hydrogens (tertiary/aromatic N) is 15. The number of likely N-dealkylation sites (tertiary alicyclic amines) is 1. The number of aryl methyl sites for hydroxylation is 2. The zero-order chi connectivity index (χ0) is 57.9. The van der Waals surface area contributed by atoms with Crippen molar-refractivity contribution in [1.29, 1.82) is 0 Å². The molecule has 0 radical (unpaired) electrons. The van der Waals surface area contributed by atoms with Gasteiger partial charge in [-0.2, -0.15) is 48.2 Å².